The smallest absolute Gasteiger partial charge is 0.431 e. The summed E-state index contributed by atoms with van der Waals surface area (Å²) in [5.74, 6) is -0.0660. The Labute approximate surface area is 184 Å². The van der Waals surface area contributed by atoms with Crippen molar-refractivity contribution in [3.8, 4) is 11.5 Å². The van der Waals surface area contributed by atoms with Crippen LogP contribution in [0.4, 0.5) is 13.2 Å². The number of hydrogen-bond donors (Lipinski definition) is 2. The van der Waals surface area contributed by atoms with E-state index in [1.165, 1.54) is 0 Å². The fourth-order valence-electron chi connectivity index (χ4n) is 2.78. The third kappa shape index (κ3) is 5.59. The number of benzene rings is 2. The molecule has 1 heterocycles. The van der Waals surface area contributed by atoms with Gasteiger partial charge in [-0.05, 0) is 49.4 Å². The summed E-state index contributed by atoms with van der Waals surface area (Å²) in [5, 5.41) is 3.43. The lowest BCUT2D eigenvalue weighted by molar-refractivity contribution is -0.141. The maximum absolute atomic E-state index is 12.7. The van der Waals surface area contributed by atoms with Gasteiger partial charge in [-0.1, -0.05) is 35.3 Å². The van der Waals surface area contributed by atoms with E-state index in [0.29, 0.717) is 33.2 Å². The minimum atomic E-state index is -4.72. The number of pyridine rings is 1. The standard InChI is InChI=1S/C21H15Cl2F3N2O3/c1-11(27-19(29)16-7-8-18(21(24,25)26)28-20(16)30)15-6-5-13(23)10-17(15)31-14-4-2-3-12(22)9-14/h2-11H,1H3,(H,27,29)(H,28,30). The Bertz CT molecular complexity index is 1180. The summed E-state index contributed by atoms with van der Waals surface area (Å²) in [7, 11) is 0. The zero-order chi connectivity index (χ0) is 22.8. The second kappa shape index (κ2) is 9.03. The second-order valence-electron chi connectivity index (χ2n) is 6.55. The molecule has 31 heavy (non-hydrogen) atoms. The molecule has 0 saturated heterocycles. The molecule has 1 aromatic heterocycles. The largest absolute Gasteiger partial charge is 0.457 e. The topological polar surface area (TPSA) is 71.2 Å². The summed E-state index contributed by atoms with van der Waals surface area (Å²) < 4.78 is 44.0. The Kier molecular flexibility index (Phi) is 6.62. The number of nitrogens with one attached hydrogen (secondary N) is 2. The number of halogens is 5. The third-order valence-corrected chi connectivity index (χ3v) is 4.74. The number of amides is 1. The average Bonchev–Trinajstić information content (AvgIpc) is 2.67. The van der Waals surface area contributed by atoms with E-state index in [0.717, 1.165) is 6.07 Å². The molecule has 2 aromatic carbocycles. The highest BCUT2D eigenvalue weighted by molar-refractivity contribution is 6.31. The number of aromatic amines is 1. The lowest BCUT2D eigenvalue weighted by Gasteiger charge is -2.19. The second-order valence-corrected chi connectivity index (χ2v) is 7.42. The zero-order valence-electron chi connectivity index (χ0n) is 15.9. The van der Waals surface area contributed by atoms with E-state index in [9.17, 15) is 22.8 Å². The molecule has 0 spiro atoms. The fraction of sp³-hybridized carbons (Fsp3) is 0.143. The van der Waals surface area contributed by atoms with Gasteiger partial charge in [0.2, 0.25) is 0 Å². The van der Waals surface area contributed by atoms with Crippen LogP contribution in [0.5, 0.6) is 11.5 Å². The lowest BCUT2D eigenvalue weighted by atomic mass is 10.1. The average molecular weight is 471 g/mol. The van der Waals surface area contributed by atoms with Gasteiger partial charge in [-0.15, -0.1) is 0 Å². The van der Waals surface area contributed by atoms with Crippen LogP contribution in [0.1, 0.15) is 34.6 Å². The first-order valence-corrected chi connectivity index (χ1v) is 9.64. The predicted octanol–water partition coefficient (Wildman–Crippen LogP) is 5.98. The fourth-order valence-corrected chi connectivity index (χ4v) is 3.12. The number of ether oxygens (including phenoxy) is 1. The van der Waals surface area contributed by atoms with Crippen molar-refractivity contribution in [2.24, 2.45) is 0 Å². The summed E-state index contributed by atoms with van der Waals surface area (Å²) >= 11 is 12.0. The summed E-state index contributed by atoms with van der Waals surface area (Å²) in [6, 6.07) is 12.2. The summed E-state index contributed by atoms with van der Waals surface area (Å²) in [6.45, 7) is 1.63. The molecule has 3 rings (SSSR count). The van der Waals surface area contributed by atoms with Gasteiger partial charge in [0.05, 0.1) is 6.04 Å². The molecule has 0 radical (unpaired) electrons. The van der Waals surface area contributed by atoms with E-state index < -0.39 is 34.9 Å². The Balaban J connectivity index is 1.84. The normalized spacial score (nSPS) is 12.3. The third-order valence-electron chi connectivity index (χ3n) is 4.27. The van der Waals surface area contributed by atoms with Crippen molar-refractivity contribution in [3.63, 3.8) is 0 Å². The molecule has 1 unspecified atom stereocenters. The van der Waals surface area contributed by atoms with E-state index in [-0.39, 0.29) is 0 Å². The molecule has 10 heteroatoms. The maximum Gasteiger partial charge on any atom is 0.431 e. The molecule has 162 valence electrons. The number of aromatic nitrogens is 1. The molecular weight excluding hydrogens is 456 g/mol. The van der Waals surface area contributed by atoms with E-state index in [1.54, 1.807) is 54.4 Å². The Morgan fingerprint density at radius 3 is 2.42 bits per heavy atom. The molecule has 0 aliphatic carbocycles. The van der Waals surface area contributed by atoms with Crippen molar-refractivity contribution >= 4 is 29.1 Å². The van der Waals surface area contributed by atoms with Gasteiger partial charge < -0.3 is 15.0 Å². The number of H-pyrrole nitrogens is 1. The molecule has 0 aliphatic rings. The molecule has 0 fully saturated rings. The molecule has 5 nitrogen and oxygen atoms in total. The van der Waals surface area contributed by atoms with Gasteiger partial charge >= 0.3 is 6.18 Å². The first kappa shape index (κ1) is 22.7. The van der Waals surface area contributed by atoms with Crippen LogP contribution in [0.2, 0.25) is 10.0 Å². The number of rotatable bonds is 5. The first-order valence-electron chi connectivity index (χ1n) is 8.89. The maximum atomic E-state index is 12.7. The zero-order valence-corrected chi connectivity index (χ0v) is 17.4. The number of alkyl halides is 3. The molecule has 0 aliphatic heterocycles. The number of carbonyl (C=O) groups excluding carboxylic acids is 1. The lowest BCUT2D eigenvalue weighted by Crippen LogP contribution is -2.32. The van der Waals surface area contributed by atoms with Crippen LogP contribution in [-0.4, -0.2) is 10.9 Å². The molecule has 2 N–H and O–H groups in total. The molecule has 0 saturated carbocycles. The predicted molar refractivity (Wildman–Crippen MR) is 111 cm³/mol. The highest BCUT2D eigenvalue weighted by atomic mass is 35.5. The van der Waals surface area contributed by atoms with Crippen molar-refractivity contribution < 1.29 is 22.7 Å². The van der Waals surface area contributed by atoms with E-state index in [1.807, 2.05) is 0 Å². The Morgan fingerprint density at radius 1 is 1.06 bits per heavy atom. The van der Waals surface area contributed by atoms with E-state index in [4.69, 9.17) is 27.9 Å². The van der Waals surface area contributed by atoms with Gasteiger partial charge in [0.25, 0.3) is 11.5 Å². The van der Waals surface area contributed by atoms with Crippen molar-refractivity contribution in [2.75, 3.05) is 0 Å². The molecule has 0 bridgehead atoms. The SMILES string of the molecule is CC(NC(=O)c1ccc(C(F)(F)F)[nH]c1=O)c1ccc(Cl)cc1Oc1cccc(Cl)c1. The highest BCUT2D eigenvalue weighted by Crippen LogP contribution is 2.33. The summed E-state index contributed by atoms with van der Waals surface area (Å²) in [6.07, 6.45) is -4.72. The van der Waals surface area contributed by atoms with Crippen molar-refractivity contribution in [3.05, 3.63) is 91.8 Å². The van der Waals surface area contributed by atoms with Crippen LogP contribution in [-0.2, 0) is 6.18 Å². The molecular formula is C21H15Cl2F3N2O3. The first-order chi connectivity index (χ1) is 14.5. The number of carbonyl (C=O) groups is 1. The molecule has 1 amide bonds. The van der Waals surface area contributed by atoms with Crippen molar-refractivity contribution in [1.82, 2.24) is 10.3 Å². The highest BCUT2D eigenvalue weighted by Gasteiger charge is 2.32. The van der Waals surface area contributed by atoms with Gasteiger partial charge in [-0.25, -0.2) is 0 Å². The summed E-state index contributed by atoms with van der Waals surface area (Å²) in [5.41, 5.74) is -2.31. The quantitative estimate of drug-likeness (QED) is 0.481. The number of hydrogen-bond acceptors (Lipinski definition) is 3. The van der Waals surface area contributed by atoms with E-state index in [2.05, 4.69) is 5.32 Å². The molecule has 1 atom stereocenters. The van der Waals surface area contributed by atoms with Crippen molar-refractivity contribution in [2.45, 2.75) is 19.1 Å². The van der Waals surface area contributed by atoms with Gasteiger partial charge in [0, 0.05) is 15.6 Å². The van der Waals surface area contributed by atoms with Crippen molar-refractivity contribution in [1.29, 1.82) is 0 Å². The van der Waals surface area contributed by atoms with Gasteiger partial charge in [0.1, 0.15) is 22.8 Å². The Hall–Kier alpha value is -2.97. The van der Waals surface area contributed by atoms with Crippen LogP contribution in [0.15, 0.2) is 59.4 Å². The van der Waals surface area contributed by atoms with Crippen LogP contribution in [0.3, 0.4) is 0 Å². The Morgan fingerprint density at radius 2 is 1.77 bits per heavy atom. The van der Waals surface area contributed by atoms with Crippen LogP contribution in [0.25, 0.3) is 0 Å². The van der Waals surface area contributed by atoms with E-state index >= 15 is 0 Å². The van der Waals surface area contributed by atoms with Crippen LogP contribution < -0.4 is 15.6 Å². The van der Waals surface area contributed by atoms with Gasteiger partial charge in [-0.2, -0.15) is 13.2 Å². The summed E-state index contributed by atoms with van der Waals surface area (Å²) in [4.78, 5) is 26.1. The molecule has 3 aromatic rings. The minimum Gasteiger partial charge on any atom is -0.457 e. The van der Waals surface area contributed by atoms with Gasteiger partial charge in [-0.3, -0.25) is 9.59 Å². The van der Waals surface area contributed by atoms with Crippen LogP contribution in [0, 0.1) is 0 Å². The minimum absolute atomic E-state index is 0.337. The monoisotopic (exact) mass is 470 g/mol. The van der Waals surface area contributed by atoms with Crippen LogP contribution >= 0.6 is 23.2 Å². The van der Waals surface area contributed by atoms with Gasteiger partial charge in [0.15, 0.2) is 0 Å².